The molecular weight excluding hydrogens is 120 g/mol. The van der Waals surface area contributed by atoms with Gasteiger partial charge in [0.25, 0.3) is 11.8 Å². The molecule has 0 aliphatic carbocycles. The summed E-state index contributed by atoms with van der Waals surface area (Å²) in [5.74, 6) is 1.04. The molecule has 0 radical (unpaired) electrons. The van der Waals surface area contributed by atoms with Crippen LogP contribution in [0.4, 0.5) is 0 Å². The third-order valence-electron chi connectivity index (χ3n) is 0.993. The zero-order valence-corrected chi connectivity index (χ0v) is 4.50. The van der Waals surface area contributed by atoms with Crippen LogP contribution >= 0.6 is 0 Å². The van der Waals surface area contributed by atoms with Gasteiger partial charge in [-0.3, -0.25) is 0 Å². The van der Waals surface area contributed by atoms with E-state index in [1.165, 1.54) is 18.9 Å². The van der Waals surface area contributed by atoms with Gasteiger partial charge < -0.3 is 14.5 Å². The highest BCUT2D eigenvalue weighted by atomic mass is 16.6. The SMILES string of the molecule is C1=COc2[nH]cnc2O1. The Kier molecular flexibility index (Phi) is 0.745. The van der Waals surface area contributed by atoms with Gasteiger partial charge in [-0.15, -0.1) is 0 Å². The standard InChI is InChI=1S/C5H4N2O2/c1-2-9-5-4(8-1)6-3-7-5/h1-3H,(H,6,7). The molecule has 1 aliphatic heterocycles. The number of hydrogen-bond acceptors (Lipinski definition) is 3. The molecule has 1 aromatic heterocycles. The molecule has 2 heterocycles. The lowest BCUT2D eigenvalue weighted by molar-refractivity contribution is 0.347. The molecule has 1 aliphatic rings. The van der Waals surface area contributed by atoms with Crippen molar-refractivity contribution in [3.05, 3.63) is 18.9 Å². The van der Waals surface area contributed by atoms with Crippen LogP contribution < -0.4 is 9.47 Å². The average molecular weight is 124 g/mol. The number of nitrogens with zero attached hydrogens (tertiary/aromatic N) is 1. The average Bonchev–Trinajstić information content (AvgIpc) is 2.33. The molecule has 1 N–H and O–H groups in total. The van der Waals surface area contributed by atoms with Gasteiger partial charge in [0.05, 0.1) is 6.33 Å². The smallest absolute Gasteiger partial charge is 0.282 e. The fraction of sp³-hybridized carbons (Fsp3) is 0. The lowest BCUT2D eigenvalue weighted by Crippen LogP contribution is -1.94. The quantitative estimate of drug-likeness (QED) is 0.552. The van der Waals surface area contributed by atoms with Gasteiger partial charge in [-0.05, 0) is 0 Å². The van der Waals surface area contributed by atoms with Crippen LogP contribution in [0.15, 0.2) is 18.9 Å². The Hall–Kier alpha value is -1.45. The molecule has 4 nitrogen and oxygen atoms in total. The number of H-pyrrole nitrogens is 1. The van der Waals surface area contributed by atoms with E-state index in [9.17, 15) is 0 Å². The molecule has 4 heteroatoms. The molecule has 2 rings (SSSR count). The molecule has 0 spiro atoms. The number of hydrogen-bond donors (Lipinski definition) is 1. The molecular formula is C5H4N2O2. The summed E-state index contributed by atoms with van der Waals surface area (Å²) in [6.07, 6.45) is 4.39. The third kappa shape index (κ3) is 0.561. The maximum absolute atomic E-state index is 4.94. The fourth-order valence-corrected chi connectivity index (χ4v) is 0.626. The van der Waals surface area contributed by atoms with Gasteiger partial charge in [0.1, 0.15) is 12.5 Å². The van der Waals surface area contributed by atoms with Crippen molar-refractivity contribution in [2.75, 3.05) is 0 Å². The third-order valence-corrected chi connectivity index (χ3v) is 0.993. The summed E-state index contributed by atoms with van der Waals surface area (Å²) < 4.78 is 9.86. The largest absolute Gasteiger partial charge is 0.441 e. The number of nitrogens with one attached hydrogen (secondary N) is 1. The lowest BCUT2D eigenvalue weighted by atomic mass is 10.7. The van der Waals surface area contributed by atoms with Crippen LogP contribution in [-0.2, 0) is 0 Å². The van der Waals surface area contributed by atoms with E-state index >= 15 is 0 Å². The number of aromatic nitrogens is 2. The highest BCUT2D eigenvalue weighted by molar-refractivity contribution is 5.27. The Morgan fingerprint density at radius 3 is 3.11 bits per heavy atom. The van der Waals surface area contributed by atoms with Crippen molar-refractivity contribution in [3.8, 4) is 11.8 Å². The number of fused-ring (bicyclic) bond motifs is 1. The molecule has 1 aromatic rings. The van der Waals surface area contributed by atoms with Crippen LogP contribution in [0.5, 0.6) is 11.8 Å². The van der Waals surface area contributed by atoms with E-state index in [1.807, 2.05) is 0 Å². The first-order valence-electron chi connectivity index (χ1n) is 2.48. The molecule has 9 heavy (non-hydrogen) atoms. The molecule has 0 unspecified atom stereocenters. The summed E-state index contributed by atoms with van der Waals surface area (Å²) in [5.41, 5.74) is 0. The van der Waals surface area contributed by atoms with E-state index in [0.717, 1.165) is 0 Å². The Morgan fingerprint density at radius 1 is 1.33 bits per heavy atom. The van der Waals surface area contributed by atoms with Crippen LogP contribution in [0.25, 0.3) is 0 Å². The van der Waals surface area contributed by atoms with E-state index in [-0.39, 0.29) is 0 Å². The summed E-state index contributed by atoms with van der Waals surface area (Å²) >= 11 is 0. The maximum atomic E-state index is 4.94. The summed E-state index contributed by atoms with van der Waals surface area (Å²) in [7, 11) is 0. The second-order valence-electron chi connectivity index (χ2n) is 1.54. The van der Waals surface area contributed by atoms with Gasteiger partial charge in [0.2, 0.25) is 0 Å². The van der Waals surface area contributed by atoms with Gasteiger partial charge in [0.15, 0.2) is 0 Å². The van der Waals surface area contributed by atoms with Gasteiger partial charge in [-0.2, -0.15) is 4.98 Å². The predicted molar refractivity (Wildman–Crippen MR) is 29.0 cm³/mol. The van der Waals surface area contributed by atoms with E-state index < -0.39 is 0 Å². The van der Waals surface area contributed by atoms with Crippen molar-refractivity contribution in [2.24, 2.45) is 0 Å². The van der Waals surface area contributed by atoms with E-state index in [4.69, 9.17) is 9.47 Å². The number of ether oxygens (including phenoxy) is 2. The second-order valence-corrected chi connectivity index (χ2v) is 1.54. The molecule has 0 saturated heterocycles. The highest BCUT2D eigenvalue weighted by Crippen LogP contribution is 2.23. The first-order valence-corrected chi connectivity index (χ1v) is 2.48. The van der Waals surface area contributed by atoms with Gasteiger partial charge in [0, 0.05) is 0 Å². The Bertz CT molecular complexity index is 218. The van der Waals surface area contributed by atoms with Crippen molar-refractivity contribution in [3.63, 3.8) is 0 Å². The van der Waals surface area contributed by atoms with Gasteiger partial charge in [-0.25, -0.2) is 0 Å². The number of aromatic amines is 1. The van der Waals surface area contributed by atoms with E-state index in [2.05, 4.69) is 9.97 Å². The predicted octanol–water partition coefficient (Wildman–Crippen LogP) is 0.652. The summed E-state index contributed by atoms with van der Waals surface area (Å²) in [6, 6.07) is 0. The molecule has 46 valence electrons. The first kappa shape index (κ1) is 4.43. The van der Waals surface area contributed by atoms with Crippen LogP contribution in [0, 0.1) is 0 Å². The molecule has 0 aromatic carbocycles. The second kappa shape index (κ2) is 1.51. The number of rotatable bonds is 0. The van der Waals surface area contributed by atoms with Crippen molar-refractivity contribution >= 4 is 0 Å². The van der Waals surface area contributed by atoms with Crippen LogP contribution in [0.3, 0.4) is 0 Å². The minimum absolute atomic E-state index is 0.484. The molecule has 0 fully saturated rings. The maximum Gasteiger partial charge on any atom is 0.282 e. The van der Waals surface area contributed by atoms with Crippen LogP contribution in [0.2, 0.25) is 0 Å². The van der Waals surface area contributed by atoms with Crippen molar-refractivity contribution in [1.29, 1.82) is 0 Å². The Balaban J connectivity index is 2.46. The lowest BCUT2D eigenvalue weighted by Gasteiger charge is -2.03. The topological polar surface area (TPSA) is 47.1 Å². The Labute approximate surface area is 51.1 Å². The minimum Gasteiger partial charge on any atom is -0.441 e. The molecule has 0 bridgehead atoms. The van der Waals surface area contributed by atoms with E-state index in [1.54, 1.807) is 0 Å². The molecule has 0 atom stereocenters. The number of imidazole rings is 1. The summed E-state index contributed by atoms with van der Waals surface area (Å²) in [4.78, 5) is 6.55. The van der Waals surface area contributed by atoms with Crippen molar-refractivity contribution < 1.29 is 9.47 Å². The van der Waals surface area contributed by atoms with Crippen molar-refractivity contribution in [2.45, 2.75) is 0 Å². The van der Waals surface area contributed by atoms with Gasteiger partial charge in [-0.1, -0.05) is 0 Å². The molecule has 0 amide bonds. The Morgan fingerprint density at radius 2 is 2.22 bits per heavy atom. The minimum atomic E-state index is 0.484. The fourth-order valence-electron chi connectivity index (χ4n) is 0.626. The highest BCUT2D eigenvalue weighted by Gasteiger charge is 2.08. The van der Waals surface area contributed by atoms with E-state index in [0.29, 0.717) is 11.8 Å². The summed E-state index contributed by atoms with van der Waals surface area (Å²) in [5, 5.41) is 0. The van der Waals surface area contributed by atoms with Crippen molar-refractivity contribution in [1.82, 2.24) is 9.97 Å². The zero-order chi connectivity index (χ0) is 6.10. The van der Waals surface area contributed by atoms with Crippen LogP contribution in [-0.4, -0.2) is 9.97 Å². The first-order chi connectivity index (χ1) is 4.47. The zero-order valence-electron chi connectivity index (χ0n) is 4.50. The molecule has 0 saturated carbocycles. The normalized spacial score (nSPS) is 13.8. The van der Waals surface area contributed by atoms with Crippen LogP contribution in [0.1, 0.15) is 0 Å². The summed E-state index contributed by atoms with van der Waals surface area (Å²) in [6.45, 7) is 0. The monoisotopic (exact) mass is 124 g/mol. The van der Waals surface area contributed by atoms with Gasteiger partial charge >= 0.3 is 0 Å².